The van der Waals surface area contributed by atoms with Gasteiger partial charge < -0.3 is 4.74 Å². The van der Waals surface area contributed by atoms with Gasteiger partial charge in [-0.15, -0.1) is 0 Å². The minimum absolute atomic E-state index is 0.257. The third kappa shape index (κ3) is 3.64. The molecule has 0 radical (unpaired) electrons. The lowest BCUT2D eigenvalue weighted by Crippen LogP contribution is -2.29. The molecule has 0 saturated heterocycles. The molecule has 0 aromatic heterocycles. The molecule has 2 aromatic rings. The number of benzene rings is 2. The van der Waals surface area contributed by atoms with Crippen molar-refractivity contribution < 1.29 is 9.53 Å². The van der Waals surface area contributed by atoms with Gasteiger partial charge in [0, 0.05) is 0 Å². The van der Waals surface area contributed by atoms with Crippen molar-refractivity contribution in [3.8, 4) is 0 Å². The van der Waals surface area contributed by atoms with Gasteiger partial charge in [0.2, 0.25) is 6.08 Å². The molecule has 0 bridgehead atoms. The second-order valence-corrected chi connectivity index (χ2v) is 4.78. The van der Waals surface area contributed by atoms with Gasteiger partial charge in [0.05, 0.1) is 13.2 Å². The Morgan fingerprint density at radius 2 is 1.65 bits per heavy atom. The molecular formula is C17H17NO2. The molecule has 0 aliphatic carbocycles. The van der Waals surface area contributed by atoms with E-state index in [0.29, 0.717) is 6.61 Å². The van der Waals surface area contributed by atoms with Crippen LogP contribution in [0.2, 0.25) is 0 Å². The predicted molar refractivity (Wildman–Crippen MR) is 78.0 cm³/mol. The van der Waals surface area contributed by atoms with E-state index in [9.17, 15) is 4.79 Å². The molecule has 0 N–H and O–H groups in total. The molecule has 0 spiro atoms. The van der Waals surface area contributed by atoms with E-state index >= 15 is 0 Å². The van der Waals surface area contributed by atoms with Crippen LogP contribution in [0.25, 0.3) is 0 Å². The predicted octanol–water partition coefficient (Wildman–Crippen LogP) is 3.45. The monoisotopic (exact) mass is 267 g/mol. The molecule has 0 fully saturated rings. The molecule has 0 aliphatic rings. The zero-order valence-corrected chi connectivity index (χ0v) is 11.5. The molecule has 0 amide bonds. The number of isocyanates is 1. The van der Waals surface area contributed by atoms with E-state index < -0.39 is 5.60 Å². The molecular weight excluding hydrogens is 250 g/mol. The van der Waals surface area contributed by atoms with Gasteiger partial charge in [-0.1, -0.05) is 60.7 Å². The van der Waals surface area contributed by atoms with Gasteiger partial charge in [0.25, 0.3) is 0 Å². The first-order valence-electron chi connectivity index (χ1n) is 6.52. The molecule has 102 valence electrons. The Balaban J connectivity index is 2.17. The van der Waals surface area contributed by atoms with Crippen molar-refractivity contribution in [1.82, 2.24) is 0 Å². The van der Waals surface area contributed by atoms with Gasteiger partial charge in [-0.05, 0) is 18.1 Å². The van der Waals surface area contributed by atoms with Crippen molar-refractivity contribution in [2.75, 3.05) is 6.54 Å². The lowest BCUT2D eigenvalue weighted by atomic mass is 9.96. The third-order valence-electron chi connectivity index (χ3n) is 3.23. The summed E-state index contributed by atoms with van der Waals surface area (Å²) in [5.41, 5.74) is 1.45. The first-order chi connectivity index (χ1) is 9.74. The summed E-state index contributed by atoms with van der Waals surface area (Å²) >= 11 is 0. The summed E-state index contributed by atoms with van der Waals surface area (Å²) in [7, 11) is 0. The Kier molecular flexibility index (Phi) is 4.83. The van der Waals surface area contributed by atoms with E-state index in [-0.39, 0.29) is 6.54 Å². The van der Waals surface area contributed by atoms with E-state index in [2.05, 4.69) is 4.99 Å². The lowest BCUT2D eigenvalue weighted by molar-refractivity contribution is -0.0406. The molecule has 1 unspecified atom stereocenters. The first kappa shape index (κ1) is 14.2. The second kappa shape index (κ2) is 6.80. The fraction of sp³-hybridized carbons (Fsp3) is 0.235. The fourth-order valence-corrected chi connectivity index (χ4v) is 2.01. The van der Waals surface area contributed by atoms with Gasteiger partial charge in [-0.25, -0.2) is 9.79 Å². The average molecular weight is 267 g/mol. The highest BCUT2D eigenvalue weighted by atomic mass is 16.5. The van der Waals surface area contributed by atoms with Crippen LogP contribution in [0.15, 0.2) is 65.7 Å². The summed E-state index contributed by atoms with van der Waals surface area (Å²) in [6.07, 6.45) is 1.59. The maximum Gasteiger partial charge on any atom is 0.235 e. The van der Waals surface area contributed by atoms with Crippen LogP contribution < -0.4 is 0 Å². The molecule has 3 heteroatoms. The molecule has 3 nitrogen and oxygen atoms in total. The first-order valence-corrected chi connectivity index (χ1v) is 6.52. The van der Waals surface area contributed by atoms with Gasteiger partial charge in [-0.3, -0.25) is 0 Å². The van der Waals surface area contributed by atoms with Gasteiger partial charge in [0.1, 0.15) is 5.60 Å². The van der Waals surface area contributed by atoms with E-state index in [1.807, 2.05) is 67.6 Å². The van der Waals surface area contributed by atoms with E-state index in [1.54, 1.807) is 6.08 Å². The smallest absolute Gasteiger partial charge is 0.235 e. The summed E-state index contributed by atoms with van der Waals surface area (Å²) in [5, 5.41) is 0. The van der Waals surface area contributed by atoms with Crippen LogP contribution in [0.5, 0.6) is 0 Å². The molecule has 1 atom stereocenters. The largest absolute Gasteiger partial charge is 0.364 e. The normalized spacial score (nSPS) is 13.2. The fourth-order valence-electron chi connectivity index (χ4n) is 2.01. The maximum absolute atomic E-state index is 10.4. The number of hydrogen-bond acceptors (Lipinski definition) is 3. The molecule has 0 saturated carbocycles. The van der Waals surface area contributed by atoms with Crippen LogP contribution >= 0.6 is 0 Å². The van der Waals surface area contributed by atoms with Crippen molar-refractivity contribution in [2.45, 2.75) is 19.1 Å². The molecule has 20 heavy (non-hydrogen) atoms. The number of aliphatic imine (C=N–C) groups is 1. The second-order valence-electron chi connectivity index (χ2n) is 4.78. The van der Waals surface area contributed by atoms with E-state index in [0.717, 1.165) is 11.1 Å². The third-order valence-corrected chi connectivity index (χ3v) is 3.23. The minimum atomic E-state index is -0.630. The standard InChI is InChI=1S/C17H17NO2/c1-17(13-18-14-19,16-10-6-3-7-11-16)20-12-15-8-4-2-5-9-15/h2-11H,12-13H2,1H3. The summed E-state index contributed by atoms with van der Waals surface area (Å²) in [5.74, 6) is 0. The summed E-state index contributed by atoms with van der Waals surface area (Å²) in [4.78, 5) is 14.1. The number of rotatable bonds is 6. The Labute approximate surface area is 118 Å². The average Bonchev–Trinajstić information content (AvgIpc) is 2.53. The topological polar surface area (TPSA) is 38.7 Å². The van der Waals surface area contributed by atoms with E-state index in [4.69, 9.17) is 4.74 Å². The highest BCUT2D eigenvalue weighted by Crippen LogP contribution is 2.27. The van der Waals surface area contributed by atoms with Crippen molar-refractivity contribution in [3.63, 3.8) is 0 Å². The number of hydrogen-bond donors (Lipinski definition) is 0. The Hall–Kier alpha value is -2.22. The Morgan fingerprint density at radius 1 is 1.05 bits per heavy atom. The van der Waals surface area contributed by atoms with Crippen LogP contribution in [-0.4, -0.2) is 12.6 Å². The Morgan fingerprint density at radius 3 is 2.25 bits per heavy atom. The zero-order chi connectivity index (χ0) is 14.3. The highest BCUT2D eigenvalue weighted by molar-refractivity contribution is 5.34. The summed E-state index contributed by atoms with van der Waals surface area (Å²) < 4.78 is 6.03. The molecule has 0 aliphatic heterocycles. The number of nitrogens with zero attached hydrogens (tertiary/aromatic N) is 1. The maximum atomic E-state index is 10.4. The summed E-state index contributed by atoms with van der Waals surface area (Å²) in [6, 6.07) is 19.7. The minimum Gasteiger partial charge on any atom is -0.364 e. The number of ether oxygens (including phenoxy) is 1. The van der Waals surface area contributed by atoms with Crippen molar-refractivity contribution >= 4 is 6.08 Å². The van der Waals surface area contributed by atoms with Crippen LogP contribution in [-0.2, 0) is 21.7 Å². The molecule has 0 heterocycles. The van der Waals surface area contributed by atoms with Gasteiger partial charge in [0.15, 0.2) is 0 Å². The molecule has 2 rings (SSSR count). The van der Waals surface area contributed by atoms with Crippen LogP contribution in [0.3, 0.4) is 0 Å². The van der Waals surface area contributed by atoms with Crippen molar-refractivity contribution in [2.24, 2.45) is 4.99 Å². The lowest BCUT2D eigenvalue weighted by Gasteiger charge is -2.28. The highest BCUT2D eigenvalue weighted by Gasteiger charge is 2.27. The zero-order valence-electron chi connectivity index (χ0n) is 11.5. The van der Waals surface area contributed by atoms with Crippen LogP contribution in [0.1, 0.15) is 18.1 Å². The number of carbonyl (C=O) groups excluding carboxylic acids is 1. The quantitative estimate of drug-likeness (QED) is 0.594. The molecule has 2 aromatic carbocycles. The Bertz CT molecular complexity index is 576. The van der Waals surface area contributed by atoms with Crippen molar-refractivity contribution in [1.29, 1.82) is 0 Å². The van der Waals surface area contributed by atoms with Gasteiger partial charge in [-0.2, -0.15) is 0 Å². The summed E-state index contributed by atoms with van der Waals surface area (Å²) in [6.45, 7) is 2.67. The van der Waals surface area contributed by atoms with Crippen molar-refractivity contribution in [3.05, 3.63) is 71.8 Å². The van der Waals surface area contributed by atoms with Crippen LogP contribution in [0, 0.1) is 0 Å². The van der Waals surface area contributed by atoms with Crippen LogP contribution in [0.4, 0.5) is 0 Å². The van der Waals surface area contributed by atoms with E-state index in [1.165, 1.54) is 0 Å². The van der Waals surface area contributed by atoms with Gasteiger partial charge >= 0.3 is 0 Å². The SMILES string of the molecule is CC(CN=C=O)(OCc1ccccc1)c1ccccc1.